The minimum atomic E-state index is -0.138. The standard InChI is InChI=1S/C17H19NO3S/c1-13(19)15-8-9-16(22-15)17(20)18-10-5-11-21-12-14-6-3-2-4-7-14/h2-4,6-9H,5,10-12H2,1H3,(H,18,20). The lowest BCUT2D eigenvalue weighted by Crippen LogP contribution is -2.24. The zero-order chi connectivity index (χ0) is 15.8. The molecular weight excluding hydrogens is 298 g/mol. The number of carbonyl (C=O) groups is 2. The number of thiophene rings is 1. The molecule has 0 aliphatic carbocycles. The van der Waals surface area contributed by atoms with Gasteiger partial charge in [0.05, 0.1) is 16.4 Å². The van der Waals surface area contributed by atoms with Crippen LogP contribution in [0.15, 0.2) is 42.5 Å². The van der Waals surface area contributed by atoms with E-state index >= 15 is 0 Å². The van der Waals surface area contributed by atoms with Crippen molar-refractivity contribution >= 4 is 23.0 Å². The molecule has 0 spiro atoms. The second kappa shape index (κ2) is 8.46. The van der Waals surface area contributed by atoms with Gasteiger partial charge in [0.15, 0.2) is 5.78 Å². The van der Waals surface area contributed by atoms with Crippen molar-refractivity contribution in [2.45, 2.75) is 20.0 Å². The molecule has 1 aromatic carbocycles. The Labute approximate surface area is 134 Å². The van der Waals surface area contributed by atoms with Crippen molar-refractivity contribution in [3.63, 3.8) is 0 Å². The van der Waals surface area contributed by atoms with E-state index in [1.165, 1.54) is 18.3 Å². The number of hydrogen-bond donors (Lipinski definition) is 1. The van der Waals surface area contributed by atoms with Gasteiger partial charge in [0.1, 0.15) is 0 Å². The van der Waals surface area contributed by atoms with Gasteiger partial charge in [-0.3, -0.25) is 9.59 Å². The first-order valence-electron chi connectivity index (χ1n) is 7.17. The van der Waals surface area contributed by atoms with Crippen molar-refractivity contribution in [1.82, 2.24) is 5.32 Å². The van der Waals surface area contributed by atoms with Crippen molar-refractivity contribution in [1.29, 1.82) is 0 Å². The van der Waals surface area contributed by atoms with Gasteiger partial charge in [-0.2, -0.15) is 0 Å². The van der Waals surface area contributed by atoms with Crippen LogP contribution in [0.4, 0.5) is 0 Å². The van der Waals surface area contributed by atoms with E-state index in [4.69, 9.17) is 4.74 Å². The topological polar surface area (TPSA) is 55.4 Å². The SMILES string of the molecule is CC(=O)c1ccc(C(=O)NCCCOCc2ccccc2)s1. The molecule has 1 amide bonds. The molecule has 0 saturated heterocycles. The molecule has 1 aromatic heterocycles. The minimum absolute atomic E-state index is 0.0154. The summed E-state index contributed by atoms with van der Waals surface area (Å²) in [6, 6.07) is 13.3. The molecule has 5 heteroatoms. The van der Waals surface area contributed by atoms with Gasteiger partial charge in [0.25, 0.3) is 5.91 Å². The van der Waals surface area contributed by atoms with Crippen LogP contribution in [-0.4, -0.2) is 24.8 Å². The fraction of sp³-hybridized carbons (Fsp3) is 0.294. The first kappa shape index (κ1) is 16.4. The van der Waals surface area contributed by atoms with Gasteiger partial charge < -0.3 is 10.1 Å². The number of hydrogen-bond acceptors (Lipinski definition) is 4. The Balaban J connectivity index is 1.62. The van der Waals surface area contributed by atoms with Crippen LogP contribution in [0.2, 0.25) is 0 Å². The molecule has 0 radical (unpaired) electrons. The Kier molecular flexibility index (Phi) is 6.30. The van der Waals surface area contributed by atoms with E-state index < -0.39 is 0 Å². The minimum Gasteiger partial charge on any atom is -0.377 e. The molecule has 1 heterocycles. The molecule has 0 saturated carbocycles. The smallest absolute Gasteiger partial charge is 0.261 e. The molecule has 0 aliphatic rings. The summed E-state index contributed by atoms with van der Waals surface area (Å²) in [6.07, 6.45) is 0.753. The highest BCUT2D eigenvalue weighted by molar-refractivity contribution is 7.15. The normalized spacial score (nSPS) is 10.4. The summed E-state index contributed by atoms with van der Waals surface area (Å²) in [5, 5.41) is 2.83. The Morgan fingerprint density at radius 1 is 1.09 bits per heavy atom. The summed E-state index contributed by atoms with van der Waals surface area (Å²) in [7, 11) is 0. The molecular formula is C17H19NO3S. The first-order valence-corrected chi connectivity index (χ1v) is 7.99. The van der Waals surface area contributed by atoms with E-state index in [0.29, 0.717) is 29.5 Å². The molecule has 0 aliphatic heterocycles. The number of carbonyl (C=O) groups excluding carboxylic acids is 2. The second-order valence-corrected chi connectivity index (χ2v) is 5.95. The van der Waals surface area contributed by atoms with Gasteiger partial charge >= 0.3 is 0 Å². The third-order valence-electron chi connectivity index (χ3n) is 3.04. The summed E-state index contributed by atoms with van der Waals surface area (Å²) in [4.78, 5) is 24.2. The van der Waals surface area contributed by atoms with Crippen LogP contribution < -0.4 is 5.32 Å². The lowest BCUT2D eigenvalue weighted by atomic mass is 10.2. The molecule has 1 N–H and O–H groups in total. The molecule has 2 rings (SSSR count). The number of ether oxygens (including phenoxy) is 1. The van der Waals surface area contributed by atoms with Crippen LogP contribution in [0.3, 0.4) is 0 Å². The molecule has 0 atom stereocenters. The maximum Gasteiger partial charge on any atom is 0.261 e. The highest BCUT2D eigenvalue weighted by Gasteiger charge is 2.10. The van der Waals surface area contributed by atoms with E-state index in [0.717, 1.165) is 12.0 Å². The van der Waals surface area contributed by atoms with Crippen molar-refractivity contribution in [3.8, 4) is 0 Å². The Morgan fingerprint density at radius 2 is 1.82 bits per heavy atom. The van der Waals surface area contributed by atoms with Crippen LogP contribution in [0, 0.1) is 0 Å². The van der Waals surface area contributed by atoms with Crippen molar-refractivity contribution in [2.75, 3.05) is 13.2 Å². The number of amides is 1. The van der Waals surface area contributed by atoms with Gasteiger partial charge in [-0.25, -0.2) is 0 Å². The van der Waals surface area contributed by atoms with Gasteiger partial charge in [0.2, 0.25) is 0 Å². The maximum absolute atomic E-state index is 11.9. The summed E-state index contributed by atoms with van der Waals surface area (Å²) < 4.78 is 5.55. The number of nitrogens with one attached hydrogen (secondary N) is 1. The van der Waals surface area contributed by atoms with Crippen LogP contribution in [-0.2, 0) is 11.3 Å². The first-order chi connectivity index (χ1) is 10.7. The monoisotopic (exact) mass is 317 g/mol. The summed E-state index contributed by atoms with van der Waals surface area (Å²) in [5.74, 6) is -0.154. The molecule has 116 valence electrons. The third kappa shape index (κ3) is 5.09. The number of ketones is 1. The zero-order valence-electron chi connectivity index (χ0n) is 12.5. The summed E-state index contributed by atoms with van der Waals surface area (Å²) >= 11 is 1.22. The molecule has 0 bridgehead atoms. The maximum atomic E-state index is 11.9. The number of rotatable bonds is 8. The number of benzene rings is 1. The highest BCUT2D eigenvalue weighted by Crippen LogP contribution is 2.16. The Morgan fingerprint density at radius 3 is 2.50 bits per heavy atom. The molecule has 0 unspecified atom stereocenters. The van der Waals surface area contributed by atoms with Crippen LogP contribution in [0.25, 0.3) is 0 Å². The van der Waals surface area contributed by atoms with Crippen LogP contribution >= 0.6 is 11.3 Å². The van der Waals surface area contributed by atoms with Gasteiger partial charge in [-0.15, -0.1) is 11.3 Å². The third-order valence-corrected chi connectivity index (χ3v) is 4.22. The lowest BCUT2D eigenvalue weighted by Gasteiger charge is -2.05. The van der Waals surface area contributed by atoms with Crippen molar-refractivity contribution < 1.29 is 14.3 Å². The van der Waals surface area contributed by atoms with E-state index in [1.54, 1.807) is 12.1 Å². The van der Waals surface area contributed by atoms with E-state index in [2.05, 4.69) is 5.32 Å². The molecule has 4 nitrogen and oxygen atoms in total. The van der Waals surface area contributed by atoms with Crippen LogP contribution in [0.1, 0.15) is 38.3 Å². The fourth-order valence-corrected chi connectivity index (χ4v) is 2.69. The van der Waals surface area contributed by atoms with Gasteiger partial charge in [0, 0.05) is 13.2 Å². The average Bonchev–Trinajstić information content (AvgIpc) is 3.02. The van der Waals surface area contributed by atoms with E-state index in [9.17, 15) is 9.59 Å². The highest BCUT2D eigenvalue weighted by atomic mass is 32.1. The quantitative estimate of drug-likeness (QED) is 0.600. The van der Waals surface area contributed by atoms with Gasteiger partial charge in [-0.05, 0) is 31.0 Å². The Hall–Kier alpha value is -1.98. The largest absolute Gasteiger partial charge is 0.377 e. The molecule has 0 fully saturated rings. The van der Waals surface area contributed by atoms with Crippen molar-refractivity contribution in [3.05, 3.63) is 57.8 Å². The van der Waals surface area contributed by atoms with Crippen molar-refractivity contribution in [2.24, 2.45) is 0 Å². The average molecular weight is 317 g/mol. The predicted molar refractivity (Wildman–Crippen MR) is 87.4 cm³/mol. The van der Waals surface area contributed by atoms with Gasteiger partial charge in [-0.1, -0.05) is 30.3 Å². The van der Waals surface area contributed by atoms with Crippen LogP contribution in [0.5, 0.6) is 0 Å². The zero-order valence-corrected chi connectivity index (χ0v) is 13.3. The molecule has 22 heavy (non-hydrogen) atoms. The summed E-state index contributed by atoms with van der Waals surface area (Å²) in [5.41, 5.74) is 1.14. The van der Waals surface area contributed by atoms with E-state index in [1.807, 2.05) is 30.3 Å². The fourth-order valence-electron chi connectivity index (χ4n) is 1.88. The predicted octanol–water partition coefficient (Wildman–Crippen LogP) is 3.29. The molecule has 2 aromatic rings. The lowest BCUT2D eigenvalue weighted by molar-refractivity contribution is 0.0937. The van der Waals surface area contributed by atoms with E-state index in [-0.39, 0.29) is 11.7 Å². The second-order valence-electron chi connectivity index (χ2n) is 4.87. The summed E-state index contributed by atoms with van der Waals surface area (Å²) in [6.45, 7) is 3.23. The Bertz CT molecular complexity index is 622. The number of Topliss-reactive ketones (excluding diaryl/α,β-unsaturated/α-hetero) is 1.